The molecule has 0 fully saturated rings. The monoisotopic (exact) mass is 249 g/mol. The van der Waals surface area contributed by atoms with Crippen molar-refractivity contribution >= 4 is 5.69 Å². The van der Waals surface area contributed by atoms with Crippen molar-refractivity contribution in [1.82, 2.24) is 0 Å². The molecule has 2 rings (SSSR count). The van der Waals surface area contributed by atoms with E-state index in [9.17, 15) is 8.78 Å². The maximum atomic E-state index is 13.8. The van der Waals surface area contributed by atoms with Crippen LogP contribution >= 0.6 is 0 Å². The lowest BCUT2D eigenvalue weighted by Gasteiger charge is -2.10. The van der Waals surface area contributed by atoms with Crippen LogP contribution in [0.1, 0.15) is 5.56 Å². The summed E-state index contributed by atoms with van der Waals surface area (Å²) in [6.07, 6.45) is 0. The van der Waals surface area contributed by atoms with Crippen LogP contribution in [0.5, 0.6) is 5.75 Å². The summed E-state index contributed by atoms with van der Waals surface area (Å²) >= 11 is 0. The van der Waals surface area contributed by atoms with Gasteiger partial charge in [-0.1, -0.05) is 6.07 Å². The van der Waals surface area contributed by atoms with E-state index in [1.54, 1.807) is 25.3 Å². The number of hydrogen-bond acceptors (Lipinski definition) is 2. The van der Waals surface area contributed by atoms with Gasteiger partial charge in [0.15, 0.2) is 0 Å². The molecular weight excluding hydrogens is 236 g/mol. The Balaban J connectivity index is 2.58. The third-order valence-corrected chi connectivity index (χ3v) is 2.81. The average Bonchev–Trinajstić information content (AvgIpc) is 2.34. The van der Waals surface area contributed by atoms with Gasteiger partial charge in [-0.25, -0.2) is 8.78 Å². The summed E-state index contributed by atoms with van der Waals surface area (Å²) in [5.41, 5.74) is 6.74. The molecule has 0 saturated heterocycles. The van der Waals surface area contributed by atoms with Gasteiger partial charge >= 0.3 is 0 Å². The summed E-state index contributed by atoms with van der Waals surface area (Å²) in [6.45, 7) is 1.81. The maximum Gasteiger partial charge on any atom is 0.146 e. The van der Waals surface area contributed by atoms with Crippen molar-refractivity contribution < 1.29 is 13.5 Å². The van der Waals surface area contributed by atoms with Gasteiger partial charge < -0.3 is 10.5 Å². The third kappa shape index (κ3) is 2.14. The highest BCUT2D eigenvalue weighted by atomic mass is 19.1. The lowest BCUT2D eigenvalue weighted by molar-refractivity contribution is 0.414. The summed E-state index contributed by atoms with van der Waals surface area (Å²) in [5.74, 6) is -0.489. The molecule has 0 atom stereocenters. The molecule has 2 aromatic rings. The molecule has 0 aliphatic rings. The maximum absolute atomic E-state index is 13.8. The summed E-state index contributed by atoms with van der Waals surface area (Å²) in [4.78, 5) is 0. The summed E-state index contributed by atoms with van der Waals surface area (Å²) in [7, 11) is 1.55. The first kappa shape index (κ1) is 12.4. The van der Waals surface area contributed by atoms with Crippen molar-refractivity contribution in [3.8, 4) is 16.9 Å². The number of hydrogen-bond donors (Lipinski definition) is 1. The topological polar surface area (TPSA) is 35.2 Å². The number of rotatable bonds is 2. The van der Waals surface area contributed by atoms with Gasteiger partial charge in [-0.05, 0) is 36.2 Å². The van der Waals surface area contributed by atoms with Crippen molar-refractivity contribution in [2.24, 2.45) is 0 Å². The van der Waals surface area contributed by atoms with Crippen LogP contribution in [0, 0.1) is 18.6 Å². The van der Waals surface area contributed by atoms with Crippen LogP contribution < -0.4 is 10.5 Å². The first-order valence-electron chi connectivity index (χ1n) is 5.42. The fourth-order valence-electron chi connectivity index (χ4n) is 1.83. The zero-order valence-corrected chi connectivity index (χ0v) is 10.1. The first-order chi connectivity index (χ1) is 8.52. The minimum absolute atomic E-state index is 0.192. The van der Waals surface area contributed by atoms with E-state index in [4.69, 9.17) is 10.5 Å². The first-order valence-corrected chi connectivity index (χ1v) is 5.42. The Morgan fingerprint density at radius 1 is 1.00 bits per heavy atom. The van der Waals surface area contributed by atoms with Gasteiger partial charge in [0.25, 0.3) is 0 Å². The van der Waals surface area contributed by atoms with Crippen molar-refractivity contribution in [3.63, 3.8) is 0 Å². The van der Waals surface area contributed by atoms with Crippen molar-refractivity contribution in [2.75, 3.05) is 12.8 Å². The number of anilines is 1. The SMILES string of the molecule is COc1ccc(-c2cc(F)c(N)cc2F)c(C)c1. The van der Waals surface area contributed by atoms with E-state index in [2.05, 4.69) is 0 Å². The molecule has 4 heteroatoms. The molecule has 0 aromatic heterocycles. The highest BCUT2D eigenvalue weighted by Crippen LogP contribution is 2.31. The predicted molar refractivity (Wildman–Crippen MR) is 67.5 cm³/mol. The molecule has 2 aromatic carbocycles. The molecule has 0 aliphatic heterocycles. The molecule has 0 spiro atoms. The lowest BCUT2D eigenvalue weighted by atomic mass is 9.99. The van der Waals surface area contributed by atoms with E-state index in [1.807, 2.05) is 6.92 Å². The third-order valence-electron chi connectivity index (χ3n) is 2.81. The number of nitrogens with two attached hydrogens (primary N) is 1. The predicted octanol–water partition coefficient (Wildman–Crippen LogP) is 3.53. The Kier molecular flexibility index (Phi) is 3.19. The zero-order chi connectivity index (χ0) is 13.3. The van der Waals surface area contributed by atoms with Crippen molar-refractivity contribution in [2.45, 2.75) is 6.92 Å². The van der Waals surface area contributed by atoms with Crippen molar-refractivity contribution in [3.05, 3.63) is 47.5 Å². The molecule has 0 aliphatic carbocycles. The number of halogens is 2. The summed E-state index contributed by atoms with van der Waals surface area (Å²) < 4.78 is 32.3. The van der Waals surface area contributed by atoms with Gasteiger partial charge in [-0.15, -0.1) is 0 Å². The molecule has 0 heterocycles. The van der Waals surface area contributed by atoms with Gasteiger partial charge in [-0.2, -0.15) is 0 Å². The number of aryl methyl sites for hydroxylation is 1. The van der Waals surface area contributed by atoms with E-state index >= 15 is 0 Å². The second-order valence-corrected chi connectivity index (χ2v) is 4.03. The molecule has 0 unspecified atom stereocenters. The fraction of sp³-hybridized carbons (Fsp3) is 0.143. The Bertz CT molecular complexity index is 597. The molecule has 0 radical (unpaired) electrons. The van der Waals surface area contributed by atoms with Crippen LogP contribution in [0.3, 0.4) is 0 Å². The quantitative estimate of drug-likeness (QED) is 0.826. The Morgan fingerprint density at radius 3 is 2.33 bits per heavy atom. The highest BCUT2D eigenvalue weighted by Gasteiger charge is 2.12. The zero-order valence-electron chi connectivity index (χ0n) is 10.1. The van der Waals surface area contributed by atoms with E-state index in [-0.39, 0.29) is 11.3 Å². The second kappa shape index (κ2) is 4.64. The molecule has 2 nitrogen and oxygen atoms in total. The Morgan fingerprint density at radius 2 is 1.72 bits per heavy atom. The smallest absolute Gasteiger partial charge is 0.146 e. The molecule has 18 heavy (non-hydrogen) atoms. The van der Waals surface area contributed by atoms with Gasteiger partial charge in [0.2, 0.25) is 0 Å². The van der Waals surface area contributed by atoms with Crippen LogP contribution in [-0.4, -0.2) is 7.11 Å². The molecule has 0 bridgehead atoms. The van der Waals surface area contributed by atoms with Crippen LogP contribution in [0.25, 0.3) is 11.1 Å². The largest absolute Gasteiger partial charge is 0.497 e. The van der Waals surface area contributed by atoms with E-state index in [0.29, 0.717) is 11.3 Å². The van der Waals surface area contributed by atoms with Gasteiger partial charge in [-0.3, -0.25) is 0 Å². The Labute approximate surface area is 104 Å². The number of nitrogen functional groups attached to an aromatic ring is 1. The average molecular weight is 249 g/mol. The van der Waals surface area contributed by atoms with Gasteiger partial charge in [0, 0.05) is 11.6 Å². The number of ether oxygens (including phenoxy) is 1. The fourth-order valence-corrected chi connectivity index (χ4v) is 1.83. The van der Waals surface area contributed by atoms with E-state index in [1.165, 1.54) is 0 Å². The molecule has 0 saturated carbocycles. The van der Waals surface area contributed by atoms with E-state index < -0.39 is 11.6 Å². The lowest BCUT2D eigenvalue weighted by Crippen LogP contribution is -1.96. The van der Waals surface area contributed by atoms with Crippen LogP contribution in [0.4, 0.5) is 14.5 Å². The normalized spacial score (nSPS) is 10.4. The van der Waals surface area contributed by atoms with Crippen LogP contribution in [0.15, 0.2) is 30.3 Å². The molecule has 0 amide bonds. The van der Waals surface area contributed by atoms with Gasteiger partial charge in [0.05, 0.1) is 12.8 Å². The highest BCUT2D eigenvalue weighted by molar-refractivity contribution is 5.70. The second-order valence-electron chi connectivity index (χ2n) is 4.03. The van der Waals surface area contributed by atoms with Gasteiger partial charge in [0.1, 0.15) is 17.4 Å². The standard InChI is InChI=1S/C14H13F2NO/c1-8-5-9(18-2)3-4-10(8)11-6-13(16)14(17)7-12(11)15/h3-7H,17H2,1-2H3. The summed E-state index contributed by atoms with van der Waals surface area (Å²) in [6, 6.07) is 7.27. The molecular formula is C14H13F2NO. The van der Waals surface area contributed by atoms with E-state index in [0.717, 1.165) is 17.7 Å². The van der Waals surface area contributed by atoms with Crippen molar-refractivity contribution in [1.29, 1.82) is 0 Å². The Hall–Kier alpha value is -2.10. The molecule has 2 N–H and O–H groups in total. The minimum Gasteiger partial charge on any atom is -0.497 e. The molecule has 94 valence electrons. The summed E-state index contributed by atoms with van der Waals surface area (Å²) in [5, 5.41) is 0. The number of benzene rings is 2. The minimum atomic E-state index is -0.624. The van der Waals surface area contributed by atoms with Crippen LogP contribution in [0.2, 0.25) is 0 Å². The number of methoxy groups -OCH3 is 1. The van der Waals surface area contributed by atoms with Crippen LogP contribution in [-0.2, 0) is 0 Å².